The summed E-state index contributed by atoms with van der Waals surface area (Å²) in [5.74, 6) is 0.597. The second kappa shape index (κ2) is 5.46. The van der Waals surface area contributed by atoms with Crippen molar-refractivity contribution in [2.45, 2.75) is 18.4 Å². The zero-order valence-corrected chi connectivity index (χ0v) is 11.4. The number of furan rings is 1. The van der Waals surface area contributed by atoms with Crippen LogP contribution in [0, 0.1) is 0 Å². The van der Waals surface area contributed by atoms with E-state index in [1.54, 1.807) is 37.3 Å². The molecule has 0 fully saturated rings. The van der Waals surface area contributed by atoms with E-state index in [0.717, 1.165) is 0 Å². The Hall–Kier alpha value is -1.79. The van der Waals surface area contributed by atoms with Crippen LogP contribution in [-0.2, 0) is 16.6 Å². The standard InChI is InChI=1S/C13H16N2O3S/c1-2-15(10-11-6-5-9-18-11)19(16,17)13-8-4-3-7-12(13)14/h3-9H,2,10,14H2,1H3. The van der Waals surface area contributed by atoms with Gasteiger partial charge in [-0.2, -0.15) is 4.31 Å². The molecule has 1 aromatic carbocycles. The minimum absolute atomic E-state index is 0.128. The predicted octanol–water partition coefficient (Wildman–Crippen LogP) is 2.07. The third-order valence-corrected chi connectivity index (χ3v) is 4.80. The minimum Gasteiger partial charge on any atom is -0.468 e. The zero-order chi connectivity index (χ0) is 13.9. The summed E-state index contributed by atoms with van der Waals surface area (Å²) < 4.78 is 31.6. The smallest absolute Gasteiger partial charge is 0.245 e. The largest absolute Gasteiger partial charge is 0.468 e. The molecule has 5 nitrogen and oxygen atoms in total. The van der Waals surface area contributed by atoms with Gasteiger partial charge in [0, 0.05) is 6.54 Å². The van der Waals surface area contributed by atoms with E-state index in [-0.39, 0.29) is 17.1 Å². The van der Waals surface area contributed by atoms with Crippen LogP contribution in [0.5, 0.6) is 0 Å². The first-order valence-corrected chi connectivity index (χ1v) is 7.36. The molecule has 19 heavy (non-hydrogen) atoms. The van der Waals surface area contributed by atoms with Gasteiger partial charge in [-0.05, 0) is 24.3 Å². The molecule has 0 saturated carbocycles. The Balaban J connectivity index is 2.34. The van der Waals surface area contributed by atoms with Crippen molar-refractivity contribution in [3.63, 3.8) is 0 Å². The number of nitrogen functional groups attached to an aromatic ring is 1. The fraction of sp³-hybridized carbons (Fsp3) is 0.231. The van der Waals surface area contributed by atoms with E-state index in [1.165, 1.54) is 16.6 Å². The summed E-state index contributed by atoms with van der Waals surface area (Å²) in [6.07, 6.45) is 1.52. The van der Waals surface area contributed by atoms with Gasteiger partial charge in [-0.25, -0.2) is 8.42 Å². The maximum atomic E-state index is 12.5. The van der Waals surface area contributed by atoms with Crippen LogP contribution in [0.25, 0.3) is 0 Å². The number of para-hydroxylation sites is 1. The molecule has 0 aliphatic heterocycles. The van der Waals surface area contributed by atoms with Gasteiger partial charge >= 0.3 is 0 Å². The Morgan fingerprint density at radius 2 is 1.95 bits per heavy atom. The lowest BCUT2D eigenvalue weighted by Crippen LogP contribution is -2.30. The summed E-state index contributed by atoms with van der Waals surface area (Å²) in [6.45, 7) is 2.32. The van der Waals surface area contributed by atoms with Crippen LogP contribution in [0.4, 0.5) is 5.69 Å². The summed E-state index contributed by atoms with van der Waals surface area (Å²) in [6, 6.07) is 9.92. The molecule has 0 aliphatic carbocycles. The van der Waals surface area contributed by atoms with Crippen LogP contribution < -0.4 is 5.73 Å². The third kappa shape index (κ3) is 2.80. The lowest BCUT2D eigenvalue weighted by atomic mass is 10.3. The van der Waals surface area contributed by atoms with E-state index >= 15 is 0 Å². The Kier molecular flexibility index (Phi) is 3.92. The van der Waals surface area contributed by atoms with Crippen LogP contribution in [0.15, 0.2) is 52.0 Å². The first kappa shape index (κ1) is 13.6. The van der Waals surface area contributed by atoms with Crippen molar-refractivity contribution in [3.05, 3.63) is 48.4 Å². The highest BCUT2D eigenvalue weighted by molar-refractivity contribution is 7.89. The number of hydrogen-bond donors (Lipinski definition) is 1. The second-order valence-corrected chi connectivity index (χ2v) is 5.95. The topological polar surface area (TPSA) is 76.5 Å². The van der Waals surface area contributed by atoms with Crippen LogP contribution in [-0.4, -0.2) is 19.3 Å². The van der Waals surface area contributed by atoms with Crippen molar-refractivity contribution in [1.29, 1.82) is 0 Å². The molecule has 102 valence electrons. The van der Waals surface area contributed by atoms with E-state index in [4.69, 9.17) is 10.2 Å². The average molecular weight is 280 g/mol. The molecule has 0 aliphatic rings. The summed E-state index contributed by atoms with van der Waals surface area (Å²) >= 11 is 0. The maximum Gasteiger partial charge on any atom is 0.245 e. The van der Waals surface area contributed by atoms with Gasteiger partial charge in [0.25, 0.3) is 0 Å². The number of rotatable bonds is 5. The molecular weight excluding hydrogens is 264 g/mol. The molecule has 2 N–H and O–H groups in total. The quantitative estimate of drug-likeness (QED) is 0.851. The molecule has 0 spiro atoms. The van der Waals surface area contributed by atoms with Gasteiger partial charge in [0.05, 0.1) is 18.5 Å². The first-order chi connectivity index (χ1) is 9.05. The van der Waals surface area contributed by atoms with E-state index in [9.17, 15) is 8.42 Å². The fourth-order valence-corrected chi connectivity index (χ4v) is 3.33. The van der Waals surface area contributed by atoms with Gasteiger partial charge in [-0.1, -0.05) is 19.1 Å². The minimum atomic E-state index is -3.61. The number of hydrogen-bond acceptors (Lipinski definition) is 4. The Morgan fingerprint density at radius 3 is 2.53 bits per heavy atom. The number of nitrogens with two attached hydrogens (primary N) is 1. The monoisotopic (exact) mass is 280 g/mol. The van der Waals surface area contributed by atoms with Crippen molar-refractivity contribution in [2.75, 3.05) is 12.3 Å². The average Bonchev–Trinajstić information content (AvgIpc) is 2.89. The van der Waals surface area contributed by atoms with E-state index < -0.39 is 10.0 Å². The highest BCUT2D eigenvalue weighted by atomic mass is 32.2. The van der Waals surface area contributed by atoms with E-state index in [1.807, 2.05) is 0 Å². The molecule has 1 aromatic heterocycles. The van der Waals surface area contributed by atoms with Crippen molar-refractivity contribution in [1.82, 2.24) is 4.31 Å². The summed E-state index contributed by atoms with van der Waals surface area (Å²) in [5.41, 5.74) is 5.99. The highest BCUT2D eigenvalue weighted by Crippen LogP contribution is 2.23. The van der Waals surface area contributed by atoms with Crippen LogP contribution in [0.3, 0.4) is 0 Å². The van der Waals surface area contributed by atoms with Crippen molar-refractivity contribution in [3.8, 4) is 0 Å². The van der Waals surface area contributed by atoms with Crippen LogP contribution in [0.1, 0.15) is 12.7 Å². The number of nitrogens with zero attached hydrogens (tertiary/aromatic N) is 1. The normalized spacial score (nSPS) is 11.9. The summed E-state index contributed by atoms with van der Waals surface area (Å²) in [4.78, 5) is 0.128. The zero-order valence-electron chi connectivity index (χ0n) is 10.6. The molecule has 2 aromatic rings. The Bertz CT molecular complexity index is 636. The Morgan fingerprint density at radius 1 is 1.21 bits per heavy atom. The molecule has 0 bridgehead atoms. The van der Waals surface area contributed by atoms with Gasteiger partial charge in [0.1, 0.15) is 10.7 Å². The van der Waals surface area contributed by atoms with E-state index in [0.29, 0.717) is 12.3 Å². The summed E-state index contributed by atoms with van der Waals surface area (Å²) in [5, 5.41) is 0. The SMILES string of the molecule is CCN(Cc1ccco1)S(=O)(=O)c1ccccc1N. The lowest BCUT2D eigenvalue weighted by molar-refractivity contribution is 0.375. The molecule has 0 atom stereocenters. The second-order valence-electron chi connectivity index (χ2n) is 4.05. The summed E-state index contributed by atoms with van der Waals surface area (Å²) in [7, 11) is -3.61. The van der Waals surface area contributed by atoms with Crippen molar-refractivity contribution < 1.29 is 12.8 Å². The van der Waals surface area contributed by atoms with Gasteiger partial charge in [0.15, 0.2) is 0 Å². The van der Waals surface area contributed by atoms with Crippen molar-refractivity contribution >= 4 is 15.7 Å². The fourth-order valence-electron chi connectivity index (χ4n) is 1.80. The van der Waals surface area contributed by atoms with Gasteiger partial charge in [-0.3, -0.25) is 0 Å². The van der Waals surface area contributed by atoms with E-state index in [2.05, 4.69) is 0 Å². The van der Waals surface area contributed by atoms with Gasteiger partial charge in [0.2, 0.25) is 10.0 Å². The lowest BCUT2D eigenvalue weighted by Gasteiger charge is -2.20. The Labute approximate surface area is 112 Å². The molecule has 0 radical (unpaired) electrons. The molecule has 6 heteroatoms. The van der Waals surface area contributed by atoms with Gasteiger partial charge in [-0.15, -0.1) is 0 Å². The number of anilines is 1. The number of benzene rings is 1. The van der Waals surface area contributed by atoms with Gasteiger partial charge < -0.3 is 10.2 Å². The maximum absolute atomic E-state index is 12.5. The third-order valence-electron chi connectivity index (χ3n) is 2.80. The molecule has 2 rings (SSSR count). The number of sulfonamides is 1. The predicted molar refractivity (Wildman–Crippen MR) is 72.8 cm³/mol. The van der Waals surface area contributed by atoms with Crippen molar-refractivity contribution in [2.24, 2.45) is 0 Å². The van der Waals surface area contributed by atoms with Crippen LogP contribution >= 0.6 is 0 Å². The molecule has 0 saturated heterocycles. The molecule has 0 unspecified atom stereocenters. The molecular formula is C13H16N2O3S. The highest BCUT2D eigenvalue weighted by Gasteiger charge is 2.25. The molecule has 0 amide bonds. The van der Waals surface area contributed by atoms with Crippen LogP contribution in [0.2, 0.25) is 0 Å². The first-order valence-electron chi connectivity index (χ1n) is 5.92. The molecule has 1 heterocycles.